The maximum Gasteiger partial charge on any atom is 0.339 e. The van der Waals surface area contributed by atoms with E-state index in [-0.39, 0.29) is 17.9 Å². The molecular weight excluding hydrogens is 300 g/mol. The van der Waals surface area contributed by atoms with Crippen LogP contribution in [0.2, 0.25) is 0 Å². The van der Waals surface area contributed by atoms with Gasteiger partial charge in [0.15, 0.2) is 0 Å². The van der Waals surface area contributed by atoms with Crippen LogP contribution in [0, 0.1) is 5.92 Å². The number of nitrogens with one attached hydrogen (secondary N) is 1. The summed E-state index contributed by atoms with van der Waals surface area (Å²) in [7, 11) is 0. The highest BCUT2D eigenvalue weighted by molar-refractivity contribution is 9.10. The SMILES string of the molecule is CC(C)CC(O)CNc1ncc(Br)cc1C(=O)O. The summed E-state index contributed by atoms with van der Waals surface area (Å²) in [6, 6.07) is 1.48. The van der Waals surface area contributed by atoms with Crippen molar-refractivity contribution in [3.63, 3.8) is 0 Å². The van der Waals surface area contributed by atoms with Crippen LogP contribution in [-0.4, -0.2) is 33.8 Å². The number of nitrogens with zero attached hydrogens (tertiary/aromatic N) is 1. The third kappa shape index (κ3) is 4.62. The molecule has 1 atom stereocenters. The summed E-state index contributed by atoms with van der Waals surface area (Å²) in [5.41, 5.74) is 0.0844. The van der Waals surface area contributed by atoms with E-state index in [1.54, 1.807) is 0 Å². The molecule has 0 bridgehead atoms. The number of hydrogen-bond donors (Lipinski definition) is 3. The molecule has 18 heavy (non-hydrogen) atoms. The lowest BCUT2D eigenvalue weighted by molar-refractivity contribution is 0.0697. The van der Waals surface area contributed by atoms with Crippen molar-refractivity contribution in [2.24, 2.45) is 5.92 Å². The van der Waals surface area contributed by atoms with E-state index in [2.05, 4.69) is 26.2 Å². The molecule has 0 amide bonds. The predicted octanol–water partition coefficient (Wildman–Crippen LogP) is 2.36. The average molecular weight is 317 g/mol. The fourth-order valence-corrected chi connectivity index (χ4v) is 1.92. The molecule has 0 aliphatic heterocycles. The number of aromatic nitrogens is 1. The number of carboxylic acid groups (broad SMARTS) is 1. The van der Waals surface area contributed by atoms with Crippen LogP contribution in [0.3, 0.4) is 0 Å². The van der Waals surface area contributed by atoms with Crippen LogP contribution in [0.5, 0.6) is 0 Å². The first kappa shape index (κ1) is 14.9. The highest BCUT2D eigenvalue weighted by atomic mass is 79.9. The van der Waals surface area contributed by atoms with Gasteiger partial charge >= 0.3 is 5.97 Å². The molecule has 6 heteroatoms. The van der Waals surface area contributed by atoms with Crippen LogP contribution in [0.4, 0.5) is 5.82 Å². The number of aliphatic hydroxyl groups excluding tert-OH is 1. The Kier molecular flexibility index (Phi) is 5.55. The Morgan fingerprint density at radius 1 is 1.56 bits per heavy atom. The van der Waals surface area contributed by atoms with Gasteiger partial charge in [0, 0.05) is 17.2 Å². The monoisotopic (exact) mass is 316 g/mol. The zero-order valence-corrected chi connectivity index (χ0v) is 11.9. The first-order valence-corrected chi connectivity index (χ1v) is 6.50. The van der Waals surface area contributed by atoms with Gasteiger partial charge in [-0.15, -0.1) is 0 Å². The number of anilines is 1. The number of halogens is 1. The lowest BCUT2D eigenvalue weighted by Crippen LogP contribution is -2.22. The van der Waals surface area contributed by atoms with Crippen LogP contribution in [-0.2, 0) is 0 Å². The van der Waals surface area contributed by atoms with Gasteiger partial charge in [-0.05, 0) is 34.3 Å². The third-order valence-electron chi connectivity index (χ3n) is 2.33. The Morgan fingerprint density at radius 3 is 2.78 bits per heavy atom. The van der Waals surface area contributed by atoms with Gasteiger partial charge in [0.05, 0.1) is 6.10 Å². The molecule has 1 heterocycles. The summed E-state index contributed by atoms with van der Waals surface area (Å²) >= 11 is 3.17. The minimum atomic E-state index is -1.05. The number of carbonyl (C=O) groups is 1. The van der Waals surface area contributed by atoms with Crippen molar-refractivity contribution < 1.29 is 15.0 Å². The molecule has 0 aliphatic rings. The molecule has 3 N–H and O–H groups in total. The minimum absolute atomic E-state index is 0.0844. The van der Waals surface area contributed by atoms with E-state index in [0.717, 1.165) is 0 Å². The molecule has 5 nitrogen and oxygen atoms in total. The van der Waals surface area contributed by atoms with E-state index in [9.17, 15) is 9.90 Å². The van der Waals surface area contributed by atoms with Crippen molar-refractivity contribution in [2.45, 2.75) is 26.4 Å². The fourth-order valence-electron chi connectivity index (χ4n) is 1.59. The molecule has 0 radical (unpaired) electrons. The highest BCUT2D eigenvalue weighted by Gasteiger charge is 2.13. The Hall–Kier alpha value is -1.14. The van der Waals surface area contributed by atoms with E-state index in [0.29, 0.717) is 16.8 Å². The van der Waals surface area contributed by atoms with Gasteiger partial charge in [-0.3, -0.25) is 0 Å². The Bertz CT molecular complexity index is 424. The van der Waals surface area contributed by atoms with Crippen molar-refractivity contribution in [1.29, 1.82) is 0 Å². The van der Waals surface area contributed by atoms with Crippen LogP contribution in [0.25, 0.3) is 0 Å². The summed E-state index contributed by atoms with van der Waals surface area (Å²) in [5, 5.41) is 21.6. The predicted molar refractivity (Wildman–Crippen MR) is 72.8 cm³/mol. The van der Waals surface area contributed by atoms with Crippen molar-refractivity contribution in [2.75, 3.05) is 11.9 Å². The second kappa shape index (κ2) is 6.70. The molecule has 0 aromatic carbocycles. The lowest BCUT2D eigenvalue weighted by Gasteiger charge is -2.15. The minimum Gasteiger partial charge on any atom is -0.478 e. The van der Waals surface area contributed by atoms with Crippen molar-refractivity contribution in [3.8, 4) is 0 Å². The van der Waals surface area contributed by atoms with E-state index in [4.69, 9.17) is 5.11 Å². The normalized spacial score (nSPS) is 12.5. The first-order chi connectivity index (χ1) is 8.40. The second-order valence-electron chi connectivity index (χ2n) is 4.52. The van der Waals surface area contributed by atoms with Crippen LogP contribution >= 0.6 is 15.9 Å². The maximum atomic E-state index is 11.0. The van der Waals surface area contributed by atoms with Crippen LogP contribution in [0.1, 0.15) is 30.6 Å². The number of aliphatic hydroxyl groups is 1. The molecule has 1 rings (SSSR count). The van der Waals surface area contributed by atoms with Gasteiger partial charge in [0.1, 0.15) is 11.4 Å². The Labute approximate surface area is 114 Å². The molecule has 1 aromatic heterocycles. The summed E-state index contributed by atoms with van der Waals surface area (Å²) in [5.74, 6) is -0.392. The van der Waals surface area contributed by atoms with Crippen LogP contribution < -0.4 is 5.32 Å². The number of pyridine rings is 1. The van der Waals surface area contributed by atoms with Crippen molar-refractivity contribution in [3.05, 3.63) is 22.3 Å². The Morgan fingerprint density at radius 2 is 2.22 bits per heavy atom. The molecule has 100 valence electrons. The number of aromatic carboxylic acids is 1. The summed E-state index contributed by atoms with van der Waals surface area (Å²) in [6.07, 6.45) is 1.66. The molecule has 1 aromatic rings. The fraction of sp³-hybridized carbons (Fsp3) is 0.500. The zero-order chi connectivity index (χ0) is 13.7. The number of carboxylic acids is 1. The van der Waals surface area contributed by atoms with Gasteiger partial charge in [0.25, 0.3) is 0 Å². The van der Waals surface area contributed by atoms with Gasteiger partial charge in [-0.1, -0.05) is 13.8 Å². The maximum absolute atomic E-state index is 11.0. The smallest absolute Gasteiger partial charge is 0.339 e. The molecule has 0 spiro atoms. The number of rotatable bonds is 6. The van der Waals surface area contributed by atoms with Gasteiger partial charge in [-0.2, -0.15) is 0 Å². The molecular formula is C12H17BrN2O3. The van der Waals surface area contributed by atoms with Crippen molar-refractivity contribution in [1.82, 2.24) is 4.98 Å². The molecule has 0 aliphatic carbocycles. The van der Waals surface area contributed by atoms with Crippen molar-refractivity contribution >= 4 is 27.7 Å². The van der Waals surface area contributed by atoms with E-state index >= 15 is 0 Å². The summed E-state index contributed by atoms with van der Waals surface area (Å²) < 4.78 is 0.605. The average Bonchev–Trinajstić information content (AvgIpc) is 2.26. The van der Waals surface area contributed by atoms with E-state index < -0.39 is 12.1 Å². The topological polar surface area (TPSA) is 82.5 Å². The zero-order valence-electron chi connectivity index (χ0n) is 10.4. The highest BCUT2D eigenvalue weighted by Crippen LogP contribution is 2.18. The second-order valence-corrected chi connectivity index (χ2v) is 5.43. The largest absolute Gasteiger partial charge is 0.478 e. The van der Waals surface area contributed by atoms with Gasteiger partial charge in [0.2, 0.25) is 0 Å². The molecule has 1 unspecified atom stereocenters. The van der Waals surface area contributed by atoms with Gasteiger partial charge in [-0.25, -0.2) is 9.78 Å². The van der Waals surface area contributed by atoms with Gasteiger partial charge < -0.3 is 15.5 Å². The summed E-state index contributed by atoms with van der Waals surface area (Å²) in [6.45, 7) is 4.32. The van der Waals surface area contributed by atoms with E-state index in [1.807, 2.05) is 13.8 Å². The summed E-state index contributed by atoms with van der Waals surface area (Å²) in [4.78, 5) is 15.0. The lowest BCUT2D eigenvalue weighted by atomic mass is 10.1. The number of hydrogen-bond acceptors (Lipinski definition) is 4. The van der Waals surface area contributed by atoms with Crippen LogP contribution in [0.15, 0.2) is 16.7 Å². The van der Waals surface area contributed by atoms with E-state index in [1.165, 1.54) is 12.3 Å². The molecule has 0 saturated heterocycles. The molecule has 0 saturated carbocycles. The standard InChI is InChI=1S/C12H17BrN2O3/c1-7(2)3-9(16)6-15-11-10(12(17)18)4-8(13)5-14-11/h4-5,7,9,16H,3,6H2,1-2H3,(H,14,15)(H,17,18). The first-order valence-electron chi connectivity index (χ1n) is 5.71. The Balaban J connectivity index is 2.70. The third-order valence-corrected chi connectivity index (χ3v) is 2.77. The molecule has 0 fully saturated rings. The quantitative estimate of drug-likeness (QED) is 0.750.